The van der Waals surface area contributed by atoms with Crippen LogP contribution in [0.15, 0.2) is 34.9 Å². The molecule has 0 spiro atoms. The molecule has 2 heterocycles. The highest BCUT2D eigenvalue weighted by atomic mass is 79.9. The molecule has 0 N–H and O–H groups in total. The number of carbonyl (C=O) groups is 1. The highest BCUT2D eigenvalue weighted by Gasteiger charge is 2.60. The Kier molecular flexibility index (Phi) is 5.94. The van der Waals surface area contributed by atoms with E-state index >= 15 is 0 Å². The van der Waals surface area contributed by atoms with Crippen LogP contribution < -0.4 is 0 Å². The van der Waals surface area contributed by atoms with Gasteiger partial charge in [0.2, 0.25) is 5.91 Å². The van der Waals surface area contributed by atoms with E-state index in [1.54, 1.807) is 6.20 Å². The van der Waals surface area contributed by atoms with Crippen LogP contribution in [0.4, 0.5) is 10.2 Å². The lowest BCUT2D eigenvalue weighted by Crippen LogP contribution is -2.58. The summed E-state index contributed by atoms with van der Waals surface area (Å²) in [6.45, 7) is 3.83. The molecule has 7 rings (SSSR count). The average Bonchev–Trinajstić information content (AvgIpc) is 3.23. The topological polar surface area (TPSA) is 84.5 Å². The molecule has 2 unspecified atom stereocenters. The number of halogens is 2. The van der Waals surface area contributed by atoms with Gasteiger partial charge in [0.05, 0.1) is 16.8 Å². The van der Waals surface area contributed by atoms with Crippen LogP contribution >= 0.6 is 15.9 Å². The Morgan fingerprint density at radius 3 is 2.39 bits per heavy atom. The highest BCUT2D eigenvalue weighted by Crippen LogP contribution is 2.65. The molecule has 192 valence electrons. The summed E-state index contributed by atoms with van der Waals surface area (Å²) in [7, 11) is 0. The number of aromatic nitrogens is 2. The summed E-state index contributed by atoms with van der Waals surface area (Å²) in [4.78, 5) is 28.8. The first-order valence-electron chi connectivity index (χ1n) is 12.9. The van der Waals surface area contributed by atoms with E-state index < -0.39 is 4.92 Å². The van der Waals surface area contributed by atoms with Crippen molar-refractivity contribution in [2.24, 2.45) is 17.3 Å². The minimum atomic E-state index is -0.434. The van der Waals surface area contributed by atoms with Crippen molar-refractivity contribution in [3.63, 3.8) is 0 Å². The van der Waals surface area contributed by atoms with Crippen molar-refractivity contribution in [1.82, 2.24) is 19.6 Å². The van der Waals surface area contributed by atoms with Gasteiger partial charge in [-0.3, -0.25) is 9.69 Å². The molecule has 1 aliphatic heterocycles. The quantitative estimate of drug-likeness (QED) is 0.377. The van der Waals surface area contributed by atoms with Gasteiger partial charge in [-0.1, -0.05) is 12.1 Å². The van der Waals surface area contributed by atoms with Crippen molar-refractivity contribution in [2.75, 3.05) is 26.2 Å². The van der Waals surface area contributed by atoms with Crippen LogP contribution in [0.5, 0.6) is 0 Å². The Bertz CT molecular complexity index is 1160. The van der Waals surface area contributed by atoms with E-state index in [0.717, 1.165) is 57.3 Å². The zero-order chi connectivity index (χ0) is 25.1. The Labute approximate surface area is 218 Å². The lowest BCUT2D eigenvalue weighted by atomic mass is 9.46. The maximum absolute atomic E-state index is 13.5. The summed E-state index contributed by atoms with van der Waals surface area (Å²) in [5.41, 5.74) is 0.815. The second-order valence-electron chi connectivity index (χ2n) is 11.6. The third-order valence-electron chi connectivity index (χ3n) is 9.03. The smallest absolute Gasteiger partial charge is 0.358 e. The monoisotopic (exact) mass is 559 g/mol. The van der Waals surface area contributed by atoms with E-state index in [-0.39, 0.29) is 28.5 Å². The van der Waals surface area contributed by atoms with Gasteiger partial charge in [-0.25, -0.2) is 4.39 Å². The number of amides is 1. The van der Waals surface area contributed by atoms with Crippen molar-refractivity contribution < 1.29 is 14.1 Å². The second kappa shape index (κ2) is 8.90. The SMILES string of the molecule is O=C(CC12CC3CC(C1)CC(n1cc(Br)c([N+](=O)[O-])n1)(C3)C2)N1CCN(Cc2ccc(F)cc2)CC1. The van der Waals surface area contributed by atoms with E-state index in [1.807, 2.05) is 21.7 Å². The van der Waals surface area contributed by atoms with Crippen LogP contribution in [0.1, 0.15) is 50.5 Å². The first-order valence-corrected chi connectivity index (χ1v) is 13.7. The van der Waals surface area contributed by atoms with Gasteiger partial charge < -0.3 is 15.0 Å². The molecular weight excluding hydrogens is 529 g/mol. The number of nitro groups is 1. The normalized spacial score (nSPS) is 31.7. The molecule has 4 aliphatic carbocycles. The van der Waals surface area contributed by atoms with Crippen LogP contribution in [-0.2, 0) is 16.9 Å². The predicted molar refractivity (Wildman–Crippen MR) is 135 cm³/mol. The molecule has 5 aliphatic rings. The summed E-state index contributed by atoms with van der Waals surface area (Å²) in [5.74, 6) is 0.983. The summed E-state index contributed by atoms with van der Waals surface area (Å²) in [5, 5.41) is 15.8. The molecule has 2 atom stereocenters. The minimum Gasteiger partial charge on any atom is -0.358 e. The largest absolute Gasteiger partial charge is 0.404 e. The Morgan fingerprint density at radius 1 is 1.11 bits per heavy atom. The van der Waals surface area contributed by atoms with Gasteiger partial charge in [0.15, 0.2) is 0 Å². The fraction of sp³-hybridized carbons (Fsp3) is 0.615. The molecule has 2 aromatic rings. The van der Waals surface area contributed by atoms with Crippen molar-refractivity contribution in [3.8, 4) is 0 Å². The van der Waals surface area contributed by atoms with Crippen LogP contribution in [0.25, 0.3) is 0 Å². The molecule has 5 fully saturated rings. The fourth-order valence-electron chi connectivity index (χ4n) is 8.02. The van der Waals surface area contributed by atoms with Gasteiger partial charge in [0, 0.05) is 39.1 Å². The van der Waals surface area contributed by atoms with Crippen molar-refractivity contribution >= 4 is 27.7 Å². The van der Waals surface area contributed by atoms with Crippen LogP contribution in [-0.4, -0.2) is 56.6 Å². The zero-order valence-corrected chi connectivity index (χ0v) is 21.8. The first kappa shape index (κ1) is 24.0. The van der Waals surface area contributed by atoms with E-state index in [1.165, 1.54) is 18.6 Å². The molecule has 0 radical (unpaired) electrons. The van der Waals surface area contributed by atoms with E-state index in [0.29, 0.717) is 35.8 Å². The molecule has 1 amide bonds. The first-order chi connectivity index (χ1) is 17.2. The Morgan fingerprint density at radius 2 is 1.78 bits per heavy atom. The molecule has 10 heteroatoms. The molecule has 8 nitrogen and oxygen atoms in total. The maximum Gasteiger partial charge on any atom is 0.404 e. The van der Waals surface area contributed by atoms with Crippen molar-refractivity contribution in [2.45, 2.75) is 57.0 Å². The number of hydrogen-bond donors (Lipinski definition) is 0. The number of nitrogens with zero attached hydrogens (tertiary/aromatic N) is 5. The second-order valence-corrected chi connectivity index (χ2v) is 12.5. The number of rotatable bonds is 6. The molecule has 1 saturated heterocycles. The van der Waals surface area contributed by atoms with E-state index in [2.05, 4.69) is 25.9 Å². The summed E-state index contributed by atoms with van der Waals surface area (Å²) >= 11 is 3.33. The van der Waals surface area contributed by atoms with Crippen LogP contribution in [0, 0.1) is 33.2 Å². The van der Waals surface area contributed by atoms with E-state index in [9.17, 15) is 19.3 Å². The van der Waals surface area contributed by atoms with Gasteiger partial charge in [0.25, 0.3) is 0 Å². The molecule has 4 bridgehead atoms. The lowest BCUT2D eigenvalue weighted by Gasteiger charge is -2.61. The summed E-state index contributed by atoms with van der Waals surface area (Å²) in [6.07, 6.45) is 8.54. The Balaban J connectivity index is 1.12. The van der Waals surface area contributed by atoms with Crippen molar-refractivity contribution in [1.29, 1.82) is 0 Å². The molecule has 1 aromatic heterocycles. The number of benzene rings is 1. The lowest BCUT2D eigenvalue weighted by molar-refractivity contribution is -0.390. The van der Waals surface area contributed by atoms with Gasteiger partial charge in [-0.2, -0.15) is 4.68 Å². The zero-order valence-electron chi connectivity index (χ0n) is 20.2. The fourth-order valence-corrected chi connectivity index (χ4v) is 8.44. The number of piperazine rings is 1. The third-order valence-corrected chi connectivity index (χ3v) is 9.59. The summed E-state index contributed by atoms with van der Waals surface area (Å²) < 4.78 is 15.5. The van der Waals surface area contributed by atoms with Gasteiger partial charge in [-0.05, 0) is 94.3 Å². The van der Waals surface area contributed by atoms with Crippen LogP contribution in [0.2, 0.25) is 0 Å². The Hall–Kier alpha value is -2.33. The third kappa shape index (κ3) is 4.36. The molecule has 36 heavy (non-hydrogen) atoms. The standard InChI is InChI=1S/C26H31BrFN5O3/c27-22-16-32(29-24(22)33(35)36)26-12-19-9-20(13-26)11-25(10-19,17-26)14-23(34)31-7-5-30(6-8-31)15-18-1-3-21(28)4-2-18/h1-4,16,19-20H,5-15,17H2. The van der Waals surface area contributed by atoms with Gasteiger partial charge >= 0.3 is 5.82 Å². The summed E-state index contributed by atoms with van der Waals surface area (Å²) in [6, 6.07) is 6.63. The molecule has 1 aromatic carbocycles. The maximum atomic E-state index is 13.5. The average molecular weight is 560 g/mol. The molecule has 4 saturated carbocycles. The van der Waals surface area contributed by atoms with Gasteiger partial charge in [-0.15, -0.1) is 0 Å². The number of hydrogen-bond acceptors (Lipinski definition) is 5. The van der Waals surface area contributed by atoms with E-state index in [4.69, 9.17) is 0 Å². The molecular formula is C26H31BrFN5O3. The minimum absolute atomic E-state index is 0.0420. The highest BCUT2D eigenvalue weighted by molar-refractivity contribution is 9.10. The predicted octanol–water partition coefficient (Wildman–Crippen LogP) is 4.72. The van der Waals surface area contributed by atoms with Gasteiger partial charge in [0.1, 0.15) is 10.3 Å². The van der Waals surface area contributed by atoms with Crippen molar-refractivity contribution in [3.05, 3.63) is 56.4 Å². The van der Waals surface area contributed by atoms with Crippen LogP contribution in [0.3, 0.4) is 0 Å². The number of carbonyl (C=O) groups excluding carboxylic acids is 1.